The van der Waals surface area contributed by atoms with Gasteiger partial charge in [0.05, 0.1) is 23.0 Å². The molecule has 0 bridgehead atoms. The molecule has 3 rings (SSSR count). The molecule has 24 heavy (non-hydrogen) atoms. The van der Waals surface area contributed by atoms with E-state index in [1.807, 2.05) is 49.5 Å². The van der Waals surface area contributed by atoms with E-state index in [0.29, 0.717) is 6.54 Å². The lowest BCUT2D eigenvalue weighted by Crippen LogP contribution is -3.10. The summed E-state index contributed by atoms with van der Waals surface area (Å²) in [6.07, 6.45) is 0. The first-order valence-corrected chi connectivity index (χ1v) is 9.37. The van der Waals surface area contributed by atoms with Crippen LogP contribution in [0, 0.1) is 0 Å². The molecular formula is C18H19BrN3OS+. The first-order valence-electron chi connectivity index (χ1n) is 7.77. The van der Waals surface area contributed by atoms with E-state index >= 15 is 0 Å². The molecule has 0 saturated carbocycles. The van der Waals surface area contributed by atoms with Crippen molar-refractivity contribution in [1.82, 2.24) is 4.98 Å². The Kier molecular flexibility index (Phi) is 5.28. The van der Waals surface area contributed by atoms with E-state index in [0.717, 1.165) is 25.6 Å². The van der Waals surface area contributed by atoms with Gasteiger partial charge in [-0.1, -0.05) is 24.3 Å². The number of hydrogen-bond donors (Lipinski definition) is 2. The number of para-hydroxylation sites is 2. The standard InChI is InChI=1S/C18H18BrN3OS/c1-12(18-21-15-9-5-6-10-16(15)24-18)22(2)11-17(23)20-14-8-4-3-7-13(14)19/h3-10,12H,11H2,1-2H3,(H,20,23)/p+1/t12-/m0/s1. The molecule has 2 atom stereocenters. The zero-order chi connectivity index (χ0) is 17.1. The fourth-order valence-electron chi connectivity index (χ4n) is 2.45. The summed E-state index contributed by atoms with van der Waals surface area (Å²) < 4.78 is 2.07. The molecule has 1 heterocycles. The Morgan fingerprint density at radius 2 is 1.96 bits per heavy atom. The van der Waals surface area contributed by atoms with Crippen LogP contribution in [0.1, 0.15) is 18.0 Å². The second-order valence-electron chi connectivity index (χ2n) is 5.79. The molecule has 0 aliphatic heterocycles. The number of carbonyl (C=O) groups excluding carboxylic acids is 1. The minimum Gasteiger partial charge on any atom is -0.322 e. The number of thiazole rings is 1. The lowest BCUT2D eigenvalue weighted by Gasteiger charge is -2.19. The maximum Gasteiger partial charge on any atom is 0.279 e. The van der Waals surface area contributed by atoms with Crippen LogP contribution >= 0.6 is 27.3 Å². The summed E-state index contributed by atoms with van der Waals surface area (Å²) in [6, 6.07) is 15.9. The number of halogens is 1. The van der Waals surface area contributed by atoms with Gasteiger partial charge < -0.3 is 10.2 Å². The Morgan fingerprint density at radius 3 is 2.71 bits per heavy atom. The number of hydrogen-bond acceptors (Lipinski definition) is 3. The Balaban J connectivity index is 1.66. The van der Waals surface area contributed by atoms with Crippen LogP contribution in [-0.2, 0) is 4.79 Å². The SMILES string of the molecule is C[C@@H](c1nc2ccccc2s1)[NH+](C)CC(=O)Nc1ccccc1Br. The van der Waals surface area contributed by atoms with E-state index in [4.69, 9.17) is 4.98 Å². The quantitative estimate of drug-likeness (QED) is 0.685. The zero-order valence-corrected chi connectivity index (χ0v) is 15.9. The molecule has 0 aliphatic carbocycles. The zero-order valence-electron chi connectivity index (χ0n) is 13.5. The van der Waals surface area contributed by atoms with E-state index in [9.17, 15) is 4.79 Å². The molecule has 3 aromatic rings. The van der Waals surface area contributed by atoms with Gasteiger partial charge in [0, 0.05) is 4.47 Å². The van der Waals surface area contributed by atoms with Crippen molar-refractivity contribution < 1.29 is 9.69 Å². The first-order chi connectivity index (χ1) is 11.5. The number of carbonyl (C=O) groups is 1. The maximum absolute atomic E-state index is 12.3. The maximum atomic E-state index is 12.3. The van der Waals surface area contributed by atoms with Crippen LogP contribution in [0.5, 0.6) is 0 Å². The summed E-state index contributed by atoms with van der Waals surface area (Å²) in [5.74, 6) is -0.00707. The summed E-state index contributed by atoms with van der Waals surface area (Å²) in [4.78, 5) is 18.1. The van der Waals surface area contributed by atoms with Crippen molar-refractivity contribution in [3.8, 4) is 0 Å². The Hall–Kier alpha value is -1.76. The van der Waals surface area contributed by atoms with Crippen LogP contribution in [-0.4, -0.2) is 24.5 Å². The van der Waals surface area contributed by atoms with Crippen LogP contribution in [0.15, 0.2) is 53.0 Å². The number of fused-ring (bicyclic) bond motifs is 1. The number of benzene rings is 2. The third-order valence-corrected chi connectivity index (χ3v) is 5.92. The van der Waals surface area contributed by atoms with Crippen molar-refractivity contribution in [3.05, 3.63) is 58.0 Å². The average Bonchev–Trinajstić information content (AvgIpc) is 3.00. The Bertz CT molecular complexity index is 831. The van der Waals surface area contributed by atoms with Gasteiger partial charge in [0.1, 0.15) is 6.04 Å². The van der Waals surface area contributed by atoms with Crippen LogP contribution in [0.2, 0.25) is 0 Å². The van der Waals surface area contributed by atoms with Crippen LogP contribution in [0.4, 0.5) is 5.69 Å². The molecule has 0 fully saturated rings. The lowest BCUT2D eigenvalue weighted by molar-refractivity contribution is -0.902. The van der Waals surface area contributed by atoms with Crippen molar-refractivity contribution >= 4 is 49.1 Å². The normalized spacial score (nSPS) is 13.6. The first kappa shape index (κ1) is 17.1. The third kappa shape index (κ3) is 3.83. The van der Waals surface area contributed by atoms with Gasteiger partial charge in [0.2, 0.25) is 0 Å². The van der Waals surface area contributed by atoms with Gasteiger partial charge in [-0.2, -0.15) is 0 Å². The van der Waals surface area contributed by atoms with E-state index in [2.05, 4.69) is 34.2 Å². The van der Waals surface area contributed by atoms with Gasteiger partial charge in [-0.25, -0.2) is 4.98 Å². The number of likely N-dealkylation sites (N-methyl/N-ethyl adjacent to an activating group) is 1. The van der Waals surface area contributed by atoms with Gasteiger partial charge in [-0.15, -0.1) is 11.3 Å². The number of nitrogens with one attached hydrogen (secondary N) is 2. The fraction of sp³-hybridized carbons (Fsp3) is 0.222. The van der Waals surface area contributed by atoms with Crippen LogP contribution < -0.4 is 10.2 Å². The Morgan fingerprint density at radius 1 is 1.25 bits per heavy atom. The number of aromatic nitrogens is 1. The van der Waals surface area contributed by atoms with Crippen molar-refractivity contribution in [2.75, 3.05) is 18.9 Å². The number of anilines is 1. The van der Waals surface area contributed by atoms with E-state index in [1.165, 1.54) is 4.70 Å². The molecule has 0 spiro atoms. The third-order valence-electron chi connectivity index (χ3n) is 4.01. The average molecular weight is 405 g/mol. The number of quaternary nitrogens is 1. The van der Waals surface area contributed by atoms with Gasteiger partial charge >= 0.3 is 0 Å². The molecule has 0 aliphatic rings. The van der Waals surface area contributed by atoms with Gasteiger partial charge in [0.15, 0.2) is 11.6 Å². The highest BCUT2D eigenvalue weighted by atomic mass is 79.9. The molecule has 124 valence electrons. The highest BCUT2D eigenvalue weighted by Crippen LogP contribution is 2.25. The topological polar surface area (TPSA) is 46.4 Å². The molecule has 1 amide bonds. The van der Waals surface area contributed by atoms with Gasteiger partial charge in [-0.3, -0.25) is 4.79 Å². The van der Waals surface area contributed by atoms with E-state index < -0.39 is 0 Å². The van der Waals surface area contributed by atoms with Gasteiger partial charge in [0.25, 0.3) is 5.91 Å². The molecule has 4 nitrogen and oxygen atoms in total. The molecule has 2 aromatic carbocycles. The molecule has 0 saturated heterocycles. The largest absolute Gasteiger partial charge is 0.322 e. The minimum atomic E-state index is -0.00707. The summed E-state index contributed by atoms with van der Waals surface area (Å²) in [5, 5.41) is 4.01. The Labute approximate surface area is 153 Å². The van der Waals surface area contributed by atoms with E-state index in [1.54, 1.807) is 11.3 Å². The van der Waals surface area contributed by atoms with Crippen molar-refractivity contribution in [2.45, 2.75) is 13.0 Å². The van der Waals surface area contributed by atoms with Crippen molar-refractivity contribution in [3.63, 3.8) is 0 Å². The van der Waals surface area contributed by atoms with E-state index in [-0.39, 0.29) is 11.9 Å². The van der Waals surface area contributed by atoms with Gasteiger partial charge in [-0.05, 0) is 47.1 Å². The number of nitrogens with zero attached hydrogens (tertiary/aromatic N) is 1. The summed E-state index contributed by atoms with van der Waals surface area (Å²) in [5.41, 5.74) is 1.82. The van der Waals surface area contributed by atoms with Crippen LogP contribution in [0.25, 0.3) is 10.2 Å². The minimum absolute atomic E-state index is 0.00707. The molecular weight excluding hydrogens is 386 g/mol. The highest BCUT2D eigenvalue weighted by Gasteiger charge is 2.22. The second-order valence-corrected chi connectivity index (χ2v) is 7.71. The number of amides is 1. The predicted molar refractivity (Wildman–Crippen MR) is 103 cm³/mol. The summed E-state index contributed by atoms with van der Waals surface area (Å²) >= 11 is 5.14. The second kappa shape index (κ2) is 7.42. The highest BCUT2D eigenvalue weighted by molar-refractivity contribution is 9.10. The molecule has 1 aromatic heterocycles. The fourth-order valence-corrected chi connectivity index (χ4v) is 3.95. The molecule has 6 heteroatoms. The lowest BCUT2D eigenvalue weighted by atomic mass is 10.3. The molecule has 1 unspecified atom stereocenters. The van der Waals surface area contributed by atoms with Crippen molar-refractivity contribution in [2.24, 2.45) is 0 Å². The molecule has 2 N–H and O–H groups in total. The number of rotatable bonds is 5. The van der Waals surface area contributed by atoms with Crippen LogP contribution in [0.3, 0.4) is 0 Å². The van der Waals surface area contributed by atoms with Crippen molar-refractivity contribution in [1.29, 1.82) is 0 Å². The summed E-state index contributed by atoms with van der Waals surface area (Å²) in [6.45, 7) is 2.50. The smallest absolute Gasteiger partial charge is 0.279 e. The summed E-state index contributed by atoms with van der Waals surface area (Å²) in [7, 11) is 2.02. The molecule has 0 radical (unpaired) electrons. The predicted octanol–water partition coefficient (Wildman–Crippen LogP) is 3.27. The monoisotopic (exact) mass is 404 g/mol.